The molecule has 4 rings (SSSR count). The zero-order valence-corrected chi connectivity index (χ0v) is 27.3. The van der Waals surface area contributed by atoms with E-state index in [2.05, 4.69) is 51.0 Å². The summed E-state index contributed by atoms with van der Waals surface area (Å²) in [6.45, 7) is 10.9. The van der Waals surface area contributed by atoms with Crippen molar-refractivity contribution >= 4 is 31.3 Å². The predicted molar refractivity (Wildman–Crippen MR) is 167 cm³/mol. The third-order valence-corrected chi connectivity index (χ3v) is 10.7. The number of rotatable bonds is 11. The maximum Gasteiger partial charge on any atom is 0.264 e. The van der Waals surface area contributed by atoms with Crippen molar-refractivity contribution in [2.24, 2.45) is 0 Å². The van der Waals surface area contributed by atoms with Gasteiger partial charge in [-0.2, -0.15) is 18.6 Å². The Morgan fingerprint density at radius 1 is 1.10 bits per heavy atom. The van der Waals surface area contributed by atoms with Gasteiger partial charge in [0.15, 0.2) is 6.23 Å². The van der Waals surface area contributed by atoms with Gasteiger partial charge in [-0.15, -0.1) is 10.3 Å². The van der Waals surface area contributed by atoms with E-state index < -0.39 is 20.4 Å². The maximum absolute atomic E-state index is 10.9. The van der Waals surface area contributed by atoms with Crippen molar-refractivity contribution in [1.29, 1.82) is 0 Å². The topological polar surface area (TPSA) is 118 Å². The highest BCUT2D eigenvalue weighted by Crippen LogP contribution is 2.48. The minimum atomic E-state index is -3.37. The summed E-state index contributed by atoms with van der Waals surface area (Å²) in [4.78, 5) is 0. The molecule has 1 atom stereocenters. The molecule has 0 aliphatic carbocycles. The zero-order valence-electron chi connectivity index (χ0n) is 25.6. The molecule has 232 valence electrons. The first-order valence-electron chi connectivity index (χ1n) is 14.2. The lowest BCUT2D eigenvalue weighted by Gasteiger charge is -2.38. The quantitative estimate of drug-likeness (QED) is 0.207. The van der Waals surface area contributed by atoms with Crippen LogP contribution in [0.5, 0.6) is 0 Å². The molecule has 12 heteroatoms. The van der Waals surface area contributed by atoms with Crippen LogP contribution in [0.25, 0.3) is 22.2 Å². The number of benzene rings is 1. The van der Waals surface area contributed by atoms with Gasteiger partial charge in [0.2, 0.25) is 0 Å². The molecule has 2 aromatic heterocycles. The number of aromatic nitrogens is 4. The summed E-state index contributed by atoms with van der Waals surface area (Å²) >= 11 is 0. The Morgan fingerprint density at radius 3 is 2.44 bits per heavy atom. The van der Waals surface area contributed by atoms with Crippen molar-refractivity contribution in [2.75, 3.05) is 45.2 Å². The molecule has 0 bridgehead atoms. The van der Waals surface area contributed by atoms with Crippen LogP contribution in [0, 0.1) is 6.92 Å². The van der Waals surface area contributed by atoms with E-state index in [-0.39, 0.29) is 17.6 Å². The van der Waals surface area contributed by atoms with E-state index in [1.54, 1.807) is 0 Å². The van der Waals surface area contributed by atoms with Gasteiger partial charge in [0.1, 0.15) is 5.69 Å². The zero-order chi connectivity index (χ0) is 30.3. The van der Waals surface area contributed by atoms with Crippen molar-refractivity contribution in [2.45, 2.75) is 77.3 Å². The summed E-state index contributed by atoms with van der Waals surface area (Å²) in [6.07, 6.45) is 13.3. The largest absolute Gasteiger partial charge is 0.380 e. The van der Waals surface area contributed by atoms with Gasteiger partial charge < -0.3 is 14.0 Å². The molecule has 3 aromatic rings. The molecule has 1 aromatic carbocycles. The Morgan fingerprint density at radius 2 is 1.80 bits per heavy atom. The lowest BCUT2D eigenvalue weighted by atomic mass is 10.1. The van der Waals surface area contributed by atoms with Crippen LogP contribution in [0.15, 0.2) is 30.6 Å². The molecule has 3 heterocycles. The van der Waals surface area contributed by atoms with Gasteiger partial charge in [0, 0.05) is 35.1 Å². The van der Waals surface area contributed by atoms with Gasteiger partial charge in [-0.05, 0) is 63.7 Å². The number of aryl methyl sites for hydroxylation is 1. The maximum atomic E-state index is 10.9. The molecule has 0 amide bonds. The Hall–Kier alpha value is -1.96. The van der Waals surface area contributed by atoms with E-state index in [4.69, 9.17) is 18.8 Å². The SMILES string of the molecule is CC(C)(C)S(C)(C)O.Cc1ccc2c(c1)c(-c1cnn(CCOCCCCOS(C)(=O)=O)c1)nn2C1CCCCO1. The van der Waals surface area contributed by atoms with Gasteiger partial charge in [0.05, 0.1) is 37.7 Å². The van der Waals surface area contributed by atoms with Crippen LogP contribution in [-0.2, 0) is 30.3 Å². The molecule has 1 aliphatic rings. The summed E-state index contributed by atoms with van der Waals surface area (Å²) < 4.78 is 51.6. The van der Waals surface area contributed by atoms with Crippen LogP contribution < -0.4 is 0 Å². The Bertz CT molecular complexity index is 1340. The van der Waals surface area contributed by atoms with E-state index in [1.807, 2.05) is 34.3 Å². The molecule has 1 saturated heterocycles. The predicted octanol–water partition coefficient (Wildman–Crippen LogP) is 6.00. The summed E-state index contributed by atoms with van der Waals surface area (Å²) in [7, 11) is -4.71. The molecule has 1 fully saturated rings. The van der Waals surface area contributed by atoms with Crippen molar-refractivity contribution in [3.05, 3.63) is 36.2 Å². The monoisotopic (exact) mass is 612 g/mol. The lowest BCUT2D eigenvalue weighted by molar-refractivity contribution is -0.0365. The summed E-state index contributed by atoms with van der Waals surface area (Å²) in [5.74, 6) is 0. The van der Waals surface area contributed by atoms with Crippen molar-refractivity contribution in [1.82, 2.24) is 19.6 Å². The molecule has 0 spiro atoms. The van der Waals surface area contributed by atoms with Gasteiger partial charge >= 0.3 is 0 Å². The second kappa shape index (κ2) is 14.5. The molecule has 1 N–H and O–H groups in total. The molecule has 1 unspecified atom stereocenters. The molecule has 0 radical (unpaired) electrons. The van der Waals surface area contributed by atoms with Gasteiger partial charge in [-0.25, -0.2) is 4.68 Å². The number of nitrogens with zero attached hydrogens (tertiary/aromatic N) is 4. The van der Waals surface area contributed by atoms with Crippen molar-refractivity contribution < 1.29 is 26.6 Å². The molecule has 41 heavy (non-hydrogen) atoms. The summed E-state index contributed by atoms with van der Waals surface area (Å²) in [5.41, 5.74) is 4.16. The Kier molecular flexibility index (Phi) is 11.8. The second-order valence-corrected chi connectivity index (χ2v) is 17.3. The number of ether oxygens (including phenoxy) is 2. The molecule has 1 aliphatic heterocycles. The molecule has 10 nitrogen and oxygen atoms in total. The molecular formula is C29H48N4O6S2. The smallest absolute Gasteiger partial charge is 0.264 e. The number of fused-ring (bicyclic) bond motifs is 1. The highest BCUT2D eigenvalue weighted by Gasteiger charge is 2.24. The number of hydrogen-bond acceptors (Lipinski definition) is 8. The number of unbranched alkanes of at least 4 members (excludes halogenated alkanes) is 1. The minimum absolute atomic E-state index is 0.0241. The highest BCUT2D eigenvalue weighted by molar-refractivity contribution is 8.29. The van der Waals surface area contributed by atoms with E-state index >= 15 is 0 Å². The summed E-state index contributed by atoms with van der Waals surface area (Å²) in [6, 6.07) is 6.41. The van der Waals surface area contributed by atoms with Crippen molar-refractivity contribution in [3.63, 3.8) is 0 Å². The number of hydrogen-bond donors (Lipinski definition) is 1. The van der Waals surface area contributed by atoms with Crippen LogP contribution in [0.4, 0.5) is 0 Å². The third kappa shape index (κ3) is 10.4. The average molecular weight is 613 g/mol. The highest BCUT2D eigenvalue weighted by atomic mass is 32.3. The van der Waals surface area contributed by atoms with Crippen LogP contribution in [0.1, 0.15) is 64.7 Å². The van der Waals surface area contributed by atoms with E-state index in [9.17, 15) is 13.0 Å². The standard InChI is InChI=1S/C23H32N4O5S.C6H16OS/c1-18-8-9-21-20(15-18)23(25-27(21)22-7-3-4-12-31-22)19-16-24-26(17-19)10-14-30-11-5-6-13-32-33(2,28)29;1-6(2,3)8(4,5)7/h8-9,15-17,22H,3-7,10-14H2,1-2H3;7H,1-5H3. The normalized spacial score (nSPS) is 16.9. The first-order chi connectivity index (χ1) is 19.2. The molecule has 0 saturated carbocycles. The van der Waals surface area contributed by atoms with Crippen LogP contribution in [-0.4, -0.2) is 82.5 Å². The first kappa shape index (κ1) is 33.5. The minimum Gasteiger partial charge on any atom is -0.380 e. The second-order valence-electron chi connectivity index (χ2n) is 11.9. The fraction of sp³-hybridized carbons (Fsp3) is 0.655. The fourth-order valence-electron chi connectivity index (χ4n) is 3.99. The molecular weight excluding hydrogens is 564 g/mol. The van der Waals surface area contributed by atoms with Crippen LogP contribution in [0.3, 0.4) is 0 Å². The van der Waals surface area contributed by atoms with Crippen LogP contribution in [0.2, 0.25) is 0 Å². The van der Waals surface area contributed by atoms with E-state index in [0.717, 1.165) is 60.7 Å². The fourth-order valence-corrected chi connectivity index (χ4v) is 4.41. The van der Waals surface area contributed by atoms with Crippen molar-refractivity contribution in [3.8, 4) is 11.3 Å². The Balaban J connectivity index is 0.000000507. The van der Waals surface area contributed by atoms with E-state index in [1.165, 1.54) is 5.56 Å². The third-order valence-electron chi connectivity index (χ3n) is 7.14. The van der Waals surface area contributed by atoms with Gasteiger partial charge in [0.25, 0.3) is 10.1 Å². The first-order valence-corrected chi connectivity index (χ1v) is 18.4. The summed E-state index contributed by atoms with van der Waals surface area (Å²) in [5, 5.41) is 10.5. The van der Waals surface area contributed by atoms with Gasteiger partial charge in [-0.3, -0.25) is 8.86 Å². The average Bonchev–Trinajstić information content (AvgIpc) is 3.49. The van der Waals surface area contributed by atoms with E-state index in [0.29, 0.717) is 26.2 Å². The Labute approximate surface area is 247 Å². The van der Waals surface area contributed by atoms with Crippen LogP contribution >= 0.6 is 10.3 Å². The lowest BCUT2D eigenvalue weighted by Crippen LogP contribution is -2.21. The van der Waals surface area contributed by atoms with Gasteiger partial charge in [-0.1, -0.05) is 32.4 Å².